The third-order valence-corrected chi connectivity index (χ3v) is 4.85. The van der Waals surface area contributed by atoms with E-state index in [1.807, 2.05) is 30.3 Å². The zero-order chi connectivity index (χ0) is 24.1. The van der Waals surface area contributed by atoms with E-state index in [0.717, 1.165) is 22.9 Å². The number of nitrogens with one attached hydrogen (secondary N) is 1. The number of nitro groups is 2. The van der Waals surface area contributed by atoms with Crippen LogP contribution in [0.2, 0.25) is 0 Å². The summed E-state index contributed by atoms with van der Waals surface area (Å²) < 4.78 is 5.52. The fourth-order valence-electron chi connectivity index (χ4n) is 3.16. The van der Waals surface area contributed by atoms with Crippen molar-refractivity contribution in [2.45, 2.75) is 0 Å². The Labute approximate surface area is 192 Å². The van der Waals surface area contributed by atoms with Crippen LogP contribution in [0, 0.1) is 20.2 Å². The summed E-state index contributed by atoms with van der Waals surface area (Å²) in [6.45, 7) is 0. The van der Waals surface area contributed by atoms with Crippen LogP contribution in [0.25, 0.3) is 10.8 Å². The number of non-ortho nitro benzene ring substituents is 1. The maximum Gasteiger partial charge on any atom is 0.318 e. The topological polar surface area (TPSA) is 137 Å². The Morgan fingerprint density at radius 2 is 1.59 bits per heavy atom. The van der Waals surface area contributed by atoms with E-state index >= 15 is 0 Å². The molecule has 0 saturated carbocycles. The fraction of sp³-hybridized carbons (Fsp3) is 0. The number of nitrogens with zero attached hydrogens (tertiary/aromatic N) is 3. The second-order valence-electron chi connectivity index (χ2n) is 7.10. The van der Waals surface area contributed by atoms with Gasteiger partial charge in [-0.15, -0.1) is 0 Å². The van der Waals surface area contributed by atoms with Gasteiger partial charge < -0.3 is 4.74 Å². The van der Waals surface area contributed by atoms with Gasteiger partial charge in [0, 0.05) is 11.6 Å². The van der Waals surface area contributed by atoms with E-state index in [9.17, 15) is 25.0 Å². The first-order chi connectivity index (χ1) is 16.4. The van der Waals surface area contributed by atoms with Crippen molar-refractivity contribution in [3.63, 3.8) is 0 Å². The molecule has 0 heterocycles. The lowest BCUT2D eigenvalue weighted by Gasteiger charge is -2.06. The fourth-order valence-corrected chi connectivity index (χ4v) is 3.16. The largest absolute Gasteiger partial charge is 0.450 e. The molecule has 168 valence electrons. The summed E-state index contributed by atoms with van der Waals surface area (Å²) in [7, 11) is 0. The van der Waals surface area contributed by atoms with Crippen molar-refractivity contribution in [3.05, 3.63) is 116 Å². The van der Waals surface area contributed by atoms with Crippen LogP contribution in [-0.4, -0.2) is 22.0 Å². The number of fused-ring (bicyclic) bond motifs is 1. The summed E-state index contributed by atoms with van der Waals surface area (Å²) in [4.78, 5) is 33.0. The minimum Gasteiger partial charge on any atom is -0.450 e. The summed E-state index contributed by atoms with van der Waals surface area (Å²) in [5.74, 6) is -0.193. The molecule has 0 unspecified atom stereocenters. The third kappa shape index (κ3) is 5.02. The molecule has 10 heteroatoms. The van der Waals surface area contributed by atoms with Gasteiger partial charge in [0.25, 0.3) is 11.6 Å². The number of amides is 1. The van der Waals surface area contributed by atoms with Crippen LogP contribution < -0.4 is 10.2 Å². The Balaban J connectivity index is 1.41. The number of carbonyl (C=O) groups is 1. The Bertz CT molecular complexity index is 1430. The Morgan fingerprint density at radius 3 is 2.29 bits per heavy atom. The first kappa shape index (κ1) is 22.1. The summed E-state index contributed by atoms with van der Waals surface area (Å²) in [6, 6.07) is 22.6. The van der Waals surface area contributed by atoms with Gasteiger partial charge in [0.05, 0.1) is 22.1 Å². The summed E-state index contributed by atoms with van der Waals surface area (Å²) in [6.07, 6.45) is 1.44. The van der Waals surface area contributed by atoms with Gasteiger partial charge in [0.2, 0.25) is 5.75 Å². The molecule has 0 saturated heterocycles. The van der Waals surface area contributed by atoms with E-state index in [1.165, 1.54) is 12.3 Å². The van der Waals surface area contributed by atoms with Crippen molar-refractivity contribution >= 4 is 34.3 Å². The zero-order valence-electron chi connectivity index (χ0n) is 17.5. The molecule has 10 nitrogen and oxygen atoms in total. The van der Waals surface area contributed by atoms with Crippen LogP contribution in [0.3, 0.4) is 0 Å². The molecular weight excluding hydrogens is 440 g/mol. The molecule has 0 aliphatic rings. The number of hydrogen-bond acceptors (Lipinski definition) is 7. The number of hydrogen-bond donors (Lipinski definition) is 1. The first-order valence-corrected chi connectivity index (χ1v) is 9.94. The minimum absolute atomic E-state index is 0.125. The van der Waals surface area contributed by atoms with E-state index in [4.69, 9.17) is 4.74 Å². The molecule has 0 bridgehead atoms. The number of nitro benzene ring substituents is 2. The molecule has 0 spiro atoms. The van der Waals surface area contributed by atoms with Crippen LogP contribution in [0.15, 0.2) is 90.0 Å². The van der Waals surface area contributed by atoms with E-state index in [-0.39, 0.29) is 17.4 Å². The third-order valence-electron chi connectivity index (χ3n) is 4.85. The number of carbonyl (C=O) groups excluding carboxylic acids is 1. The molecule has 34 heavy (non-hydrogen) atoms. The van der Waals surface area contributed by atoms with E-state index in [0.29, 0.717) is 11.1 Å². The molecule has 0 fully saturated rings. The number of hydrazone groups is 1. The molecule has 0 aliphatic heterocycles. The SMILES string of the molecule is O=C(NN=Cc1ccc(Oc2ccc([N+](=O)[O-])cc2[N+](=O)[O-])cc1)c1ccc2ccccc2c1. The highest BCUT2D eigenvalue weighted by molar-refractivity contribution is 5.99. The van der Waals surface area contributed by atoms with Crippen molar-refractivity contribution in [1.82, 2.24) is 5.43 Å². The van der Waals surface area contributed by atoms with E-state index in [1.54, 1.807) is 36.4 Å². The highest BCUT2D eigenvalue weighted by Gasteiger charge is 2.21. The average Bonchev–Trinajstić information content (AvgIpc) is 2.84. The lowest BCUT2D eigenvalue weighted by molar-refractivity contribution is -0.394. The van der Waals surface area contributed by atoms with Gasteiger partial charge >= 0.3 is 5.69 Å². The van der Waals surface area contributed by atoms with Crippen molar-refractivity contribution in [1.29, 1.82) is 0 Å². The molecule has 4 rings (SSSR count). The normalized spacial score (nSPS) is 10.8. The Hall–Kier alpha value is -5.12. The van der Waals surface area contributed by atoms with Gasteiger partial charge in [-0.1, -0.05) is 30.3 Å². The van der Waals surface area contributed by atoms with E-state index < -0.39 is 21.2 Å². The van der Waals surface area contributed by atoms with Gasteiger partial charge in [-0.2, -0.15) is 5.10 Å². The molecule has 1 amide bonds. The predicted octanol–water partition coefficient (Wildman–Crippen LogP) is 5.21. The Morgan fingerprint density at radius 1 is 0.853 bits per heavy atom. The van der Waals surface area contributed by atoms with Crippen LogP contribution in [-0.2, 0) is 0 Å². The monoisotopic (exact) mass is 456 g/mol. The van der Waals surface area contributed by atoms with Crippen molar-refractivity contribution in [2.24, 2.45) is 5.10 Å². The minimum atomic E-state index is -0.748. The molecule has 4 aromatic rings. The lowest BCUT2D eigenvalue weighted by atomic mass is 10.1. The molecule has 0 aliphatic carbocycles. The molecular formula is C24H16N4O6. The highest BCUT2D eigenvalue weighted by Crippen LogP contribution is 2.34. The van der Waals surface area contributed by atoms with Crippen molar-refractivity contribution in [2.75, 3.05) is 0 Å². The second-order valence-corrected chi connectivity index (χ2v) is 7.10. The van der Waals surface area contributed by atoms with Crippen LogP contribution >= 0.6 is 0 Å². The smallest absolute Gasteiger partial charge is 0.318 e. The lowest BCUT2D eigenvalue weighted by Crippen LogP contribution is -2.17. The predicted molar refractivity (Wildman–Crippen MR) is 125 cm³/mol. The van der Waals surface area contributed by atoms with Crippen LogP contribution in [0.5, 0.6) is 11.5 Å². The summed E-state index contributed by atoms with van der Waals surface area (Å²) in [5.41, 5.74) is 2.67. The summed E-state index contributed by atoms with van der Waals surface area (Å²) in [5, 5.41) is 28.0. The van der Waals surface area contributed by atoms with Gasteiger partial charge in [-0.3, -0.25) is 25.0 Å². The molecule has 4 aromatic carbocycles. The number of ether oxygens (including phenoxy) is 1. The molecule has 0 aromatic heterocycles. The molecule has 1 N–H and O–H groups in total. The highest BCUT2D eigenvalue weighted by atomic mass is 16.6. The maximum atomic E-state index is 12.3. The van der Waals surface area contributed by atoms with Crippen LogP contribution in [0.4, 0.5) is 11.4 Å². The van der Waals surface area contributed by atoms with Gasteiger partial charge in [-0.25, -0.2) is 5.43 Å². The zero-order valence-corrected chi connectivity index (χ0v) is 17.5. The first-order valence-electron chi connectivity index (χ1n) is 9.94. The quantitative estimate of drug-likeness (QED) is 0.230. The van der Waals surface area contributed by atoms with E-state index in [2.05, 4.69) is 10.5 Å². The van der Waals surface area contributed by atoms with Crippen molar-refractivity contribution < 1.29 is 19.4 Å². The Kier molecular flexibility index (Phi) is 6.22. The summed E-state index contributed by atoms with van der Waals surface area (Å²) >= 11 is 0. The standard InChI is InChI=1S/C24H16N4O6/c29-24(19-8-7-17-3-1-2-4-18(17)13-19)26-25-15-16-5-10-21(11-6-16)34-23-12-9-20(27(30)31)14-22(23)28(32)33/h1-15H,(H,26,29). The second kappa shape index (κ2) is 9.57. The molecule has 0 atom stereocenters. The van der Waals surface area contributed by atoms with Crippen molar-refractivity contribution in [3.8, 4) is 11.5 Å². The van der Waals surface area contributed by atoms with Gasteiger partial charge in [0.15, 0.2) is 0 Å². The van der Waals surface area contributed by atoms with Gasteiger partial charge in [-0.05, 0) is 58.8 Å². The van der Waals surface area contributed by atoms with Crippen LogP contribution in [0.1, 0.15) is 15.9 Å². The molecule has 0 radical (unpaired) electrons. The number of benzene rings is 4. The van der Waals surface area contributed by atoms with Gasteiger partial charge in [0.1, 0.15) is 5.75 Å². The maximum absolute atomic E-state index is 12.3. The average molecular weight is 456 g/mol. The number of rotatable bonds is 7.